The molecule has 0 saturated carbocycles. The van der Waals surface area contributed by atoms with Gasteiger partial charge in [-0.15, -0.1) is 10.2 Å². The van der Waals surface area contributed by atoms with E-state index in [0.717, 1.165) is 9.25 Å². The first-order valence-corrected chi connectivity index (χ1v) is 11.8. The number of nitrogens with zero attached hydrogens (tertiary/aromatic N) is 6. The molecule has 0 amide bonds. The van der Waals surface area contributed by atoms with Gasteiger partial charge in [-0.05, 0) is 50.2 Å². The Kier molecular flexibility index (Phi) is 7.67. The largest absolute Gasteiger partial charge is 0.492 e. The quantitative estimate of drug-likeness (QED) is 0.267. The van der Waals surface area contributed by atoms with Gasteiger partial charge in [-0.1, -0.05) is 23.7 Å². The van der Waals surface area contributed by atoms with Crippen LogP contribution in [0.2, 0.25) is 5.02 Å². The van der Waals surface area contributed by atoms with E-state index in [0.29, 0.717) is 28.6 Å². The molecule has 0 aliphatic rings. The second-order valence-electron chi connectivity index (χ2n) is 8.10. The molecule has 2 aromatic carbocycles. The maximum Gasteiger partial charge on any atom is 0.390 e. The van der Waals surface area contributed by atoms with E-state index >= 15 is 0 Å². The molecule has 0 radical (unpaired) electrons. The van der Waals surface area contributed by atoms with Crippen molar-refractivity contribution in [1.82, 2.24) is 29.1 Å². The van der Waals surface area contributed by atoms with Crippen molar-refractivity contribution in [3.05, 3.63) is 75.7 Å². The summed E-state index contributed by atoms with van der Waals surface area (Å²) in [5.74, 6) is 0.522. The first kappa shape index (κ1) is 26.4. The van der Waals surface area contributed by atoms with Crippen molar-refractivity contribution in [2.45, 2.75) is 45.7 Å². The molecule has 4 aromatic rings. The molecular formula is C24H23ClF4N6O2. The van der Waals surface area contributed by atoms with Gasteiger partial charge < -0.3 is 4.74 Å². The zero-order valence-corrected chi connectivity index (χ0v) is 20.7. The van der Waals surface area contributed by atoms with E-state index in [-0.39, 0.29) is 24.0 Å². The summed E-state index contributed by atoms with van der Waals surface area (Å²) >= 11 is 5.93. The van der Waals surface area contributed by atoms with Crippen molar-refractivity contribution in [3.63, 3.8) is 0 Å². The first-order valence-electron chi connectivity index (χ1n) is 11.4. The third kappa shape index (κ3) is 6.01. The summed E-state index contributed by atoms with van der Waals surface area (Å²) in [5, 5.41) is 9.05. The number of para-hydroxylation sites is 2. The van der Waals surface area contributed by atoms with Crippen LogP contribution < -0.4 is 10.4 Å². The standard InChI is InChI=1S/C24H23ClF4N6O2/c1-3-37-19-7-5-4-6-18(19)35-21(15(2)26)30-20(31-35)14-34-23(36)33(13-12-24(27,28)29)22(32-34)16-8-10-17(25)11-9-16/h4-11,15H,3,12-14H2,1-2H3. The monoisotopic (exact) mass is 538 g/mol. The molecule has 196 valence electrons. The van der Waals surface area contributed by atoms with Crippen LogP contribution in [-0.4, -0.2) is 41.9 Å². The lowest BCUT2D eigenvalue weighted by molar-refractivity contribution is -0.136. The molecule has 13 heteroatoms. The third-order valence-electron chi connectivity index (χ3n) is 5.36. The number of aromatic nitrogens is 6. The van der Waals surface area contributed by atoms with Gasteiger partial charge in [-0.25, -0.2) is 23.5 Å². The number of halogens is 5. The van der Waals surface area contributed by atoms with Gasteiger partial charge in [0.1, 0.15) is 18.0 Å². The lowest BCUT2D eigenvalue weighted by Gasteiger charge is -2.11. The van der Waals surface area contributed by atoms with Crippen molar-refractivity contribution >= 4 is 11.6 Å². The summed E-state index contributed by atoms with van der Waals surface area (Å²) in [6.45, 7) is 2.56. The number of rotatable bonds is 9. The van der Waals surface area contributed by atoms with Crippen LogP contribution in [0.25, 0.3) is 17.1 Å². The molecule has 2 heterocycles. The van der Waals surface area contributed by atoms with E-state index in [1.165, 1.54) is 11.6 Å². The smallest absolute Gasteiger partial charge is 0.390 e. The minimum atomic E-state index is -4.47. The number of hydrogen-bond donors (Lipinski definition) is 0. The molecule has 2 aromatic heterocycles. The molecule has 0 N–H and O–H groups in total. The van der Waals surface area contributed by atoms with Crippen LogP contribution in [0.3, 0.4) is 0 Å². The van der Waals surface area contributed by atoms with Crippen molar-refractivity contribution in [3.8, 4) is 22.8 Å². The van der Waals surface area contributed by atoms with Gasteiger partial charge in [0.15, 0.2) is 23.6 Å². The van der Waals surface area contributed by atoms with Gasteiger partial charge in [0.2, 0.25) is 0 Å². The molecule has 0 bridgehead atoms. The Labute approximate surface area is 214 Å². The molecule has 8 nitrogen and oxygen atoms in total. The van der Waals surface area contributed by atoms with Crippen molar-refractivity contribution < 1.29 is 22.3 Å². The van der Waals surface area contributed by atoms with Crippen molar-refractivity contribution in [2.24, 2.45) is 0 Å². The van der Waals surface area contributed by atoms with Gasteiger partial charge in [-0.3, -0.25) is 4.57 Å². The second kappa shape index (κ2) is 10.8. The third-order valence-corrected chi connectivity index (χ3v) is 5.61. The predicted octanol–water partition coefficient (Wildman–Crippen LogP) is 5.38. The molecule has 1 atom stereocenters. The predicted molar refractivity (Wildman–Crippen MR) is 129 cm³/mol. The first-order chi connectivity index (χ1) is 17.6. The van der Waals surface area contributed by atoms with Crippen molar-refractivity contribution in [2.75, 3.05) is 6.61 Å². The summed E-state index contributed by atoms with van der Waals surface area (Å²) in [4.78, 5) is 17.3. The molecule has 0 spiro atoms. The summed E-state index contributed by atoms with van der Waals surface area (Å²) in [6, 6.07) is 13.1. The highest BCUT2D eigenvalue weighted by atomic mass is 35.5. The number of hydrogen-bond acceptors (Lipinski definition) is 5. The molecule has 0 aliphatic carbocycles. The fourth-order valence-corrected chi connectivity index (χ4v) is 3.84. The molecule has 4 rings (SSSR count). The Morgan fingerprint density at radius 1 is 1.08 bits per heavy atom. The number of alkyl halides is 4. The summed E-state index contributed by atoms with van der Waals surface area (Å²) in [5.41, 5.74) is 0.0762. The van der Waals surface area contributed by atoms with Crippen LogP contribution in [0.15, 0.2) is 53.3 Å². The van der Waals surface area contributed by atoms with E-state index in [1.54, 1.807) is 48.5 Å². The molecule has 37 heavy (non-hydrogen) atoms. The Morgan fingerprint density at radius 2 is 1.78 bits per heavy atom. The summed E-state index contributed by atoms with van der Waals surface area (Å²) in [6.07, 6.45) is -7.20. The van der Waals surface area contributed by atoms with Crippen molar-refractivity contribution in [1.29, 1.82) is 0 Å². The Morgan fingerprint density at radius 3 is 2.43 bits per heavy atom. The summed E-state index contributed by atoms with van der Waals surface area (Å²) < 4.78 is 62.2. The second-order valence-corrected chi connectivity index (χ2v) is 8.54. The number of benzene rings is 2. The van der Waals surface area contributed by atoms with Crippen LogP contribution in [0.1, 0.15) is 38.1 Å². The lowest BCUT2D eigenvalue weighted by Crippen LogP contribution is -2.27. The van der Waals surface area contributed by atoms with E-state index in [1.807, 2.05) is 6.92 Å². The van der Waals surface area contributed by atoms with Crippen LogP contribution in [0, 0.1) is 0 Å². The maximum atomic E-state index is 14.5. The Balaban J connectivity index is 1.75. The van der Waals surface area contributed by atoms with Gasteiger partial charge >= 0.3 is 11.9 Å². The Bertz CT molecular complexity index is 1430. The van der Waals surface area contributed by atoms with Gasteiger partial charge in [-0.2, -0.15) is 13.2 Å². The highest BCUT2D eigenvalue weighted by Gasteiger charge is 2.29. The van der Waals surface area contributed by atoms with E-state index < -0.39 is 31.0 Å². The minimum absolute atomic E-state index is 0.0235. The highest BCUT2D eigenvalue weighted by molar-refractivity contribution is 6.30. The van der Waals surface area contributed by atoms with E-state index in [9.17, 15) is 22.4 Å². The Hall–Kier alpha value is -3.67. The van der Waals surface area contributed by atoms with Crippen LogP contribution in [0.4, 0.5) is 17.6 Å². The molecular weight excluding hydrogens is 516 g/mol. The molecule has 0 fully saturated rings. The molecule has 0 aliphatic heterocycles. The van der Waals surface area contributed by atoms with Gasteiger partial charge in [0.25, 0.3) is 0 Å². The SMILES string of the molecule is CCOc1ccccc1-n1nc(Cn2nc(-c3ccc(Cl)cc3)n(CCC(F)(F)F)c2=O)nc1C(C)F. The van der Waals surface area contributed by atoms with E-state index in [2.05, 4.69) is 15.2 Å². The average Bonchev–Trinajstić information content (AvgIpc) is 3.40. The van der Waals surface area contributed by atoms with Crippen LogP contribution >= 0.6 is 11.6 Å². The van der Waals surface area contributed by atoms with Crippen LogP contribution in [0.5, 0.6) is 5.75 Å². The van der Waals surface area contributed by atoms with Gasteiger partial charge in [0.05, 0.1) is 13.0 Å². The highest BCUT2D eigenvalue weighted by Crippen LogP contribution is 2.27. The van der Waals surface area contributed by atoms with Gasteiger partial charge in [0, 0.05) is 17.1 Å². The minimum Gasteiger partial charge on any atom is -0.492 e. The zero-order valence-electron chi connectivity index (χ0n) is 19.9. The summed E-state index contributed by atoms with van der Waals surface area (Å²) in [7, 11) is 0. The average molecular weight is 539 g/mol. The molecule has 0 saturated heterocycles. The zero-order chi connectivity index (χ0) is 26.7. The lowest BCUT2D eigenvalue weighted by atomic mass is 10.2. The number of ether oxygens (including phenoxy) is 1. The maximum absolute atomic E-state index is 14.5. The topological polar surface area (TPSA) is 79.8 Å². The van der Waals surface area contributed by atoms with Crippen LogP contribution in [-0.2, 0) is 13.1 Å². The normalized spacial score (nSPS) is 12.6. The fraction of sp³-hybridized carbons (Fsp3) is 0.333. The fourth-order valence-electron chi connectivity index (χ4n) is 3.71. The molecule has 1 unspecified atom stereocenters. The van der Waals surface area contributed by atoms with E-state index in [4.69, 9.17) is 16.3 Å².